The average molecular weight is 162 g/mol. The summed E-state index contributed by atoms with van der Waals surface area (Å²) in [4.78, 5) is 0. The molecule has 56 valence electrons. The maximum absolute atomic E-state index is 9.03. The van der Waals surface area contributed by atoms with E-state index in [1.165, 1.54) is 0 Å². The number of hydrogen-bond acceptors (Lipinski definition) is 2. The number of aromatic hydroxyl groups is 1. The van der Waals surface area contributed by atoms with Crippen LogP contribution in [-0.4, -0.2) is 10.2 Å². The summed E-state index contributed by atoms with van der Waals surface area (Å²) in [6.07, 6.45) is -0.458. The molecule has 0 heterocycles. The molecule has 0 bridgehead atoms. The molecule has 1 unspecified atom stereocenters. The third-order valence-electron chi connectivity index (χ3n) is 1.38. The second-order valence-corrected chi connectivity index (χ2v) is 2.27. The maximum Gasteiger partial charge on any atom is 1.00 e. The number of benzene rings is 1. The number of phenols is 1. The van der Waals surface area contributed by atoms with Crippen molar-refractivity contribution < 1.29 is 41.2 Å². The van der Waals surface area contributed by atoms with Crippen molar-refractivity contribution in [3.05, 3.63) is 29.8 Å². The largest absolute Gasteiger partial charge is 1.00 e. The van der Waals surface area contributed by atoms with Gasteiger partial charge in [0.25, 0.3) is 0 Å². The van der Waals surface area contributed by atoms with Crippen LogP contribution >= 0.6 is 0 Å². The summed E-state index contributed by atoms with van der Waals surface area (Å²) in [6, 6.07) is 6.50. The van der Waals surface area contributed by atoms with Gasteiger partial charge in [0.1, 0.15) is 5.75 Å². The molecule has 0 amide bonds. The van der Waals surface area contributed by atoms with Crippen molar-refractivity contribution in [2.45, 2.75) is 13.0 Å². The number of aliphatic hydroxyl groups is 1. The molecule has 1 aromatic carbocycles. The van der Waals surface area contributed by atoms with E-state index in [1.807, 2.05) is 0 Å². The second kappa shape index (κ2) is 4.78. The standard InChI is InChI=1S/C8H10O2.Na.H/c1-6(9)7-2-4-8(10)5-3-7;;/h2-6,9-10H,1H3;;/q;+1;-1. The van der Waals surface area contributed by atoms with E-state index in [1.54, 1.807) is 31.2 Å². The van der Waals surface area contributed by atoms with E-state index in [4.69, 9.17) is 10.2 Å². The van der Waals surface area contributed by atoms with Gasteiger partial charge in [-0.15, -0.1) is 0 Å². The molecular weight excluding hydrogens is 151 g/mol. The van der Waals surface area contributed by atoms with Crippen LogP contribution in [0.15, 0.2) is 24.3 Å². The monoisotopic (exact) mass is 162 g/mol. The molecular formula is C8H11NaO2. The van der Waals surface area contributed by atoms with E-state index >= 15 is 0 Å². The molecule has 0 saturated carbocycles. The fourth-order valence-corrected chi connectivity index (χ4v) is 0.753. The van der Waals surface area contributed by atoms with Gasteiger partial charge in [-0.25, -0.2) is 0 Å². The second-order valence-electron chi connectivity index (χ2n) is 2.27. The zero-order valence-corrected chi connectivity index (χ0v) is 8.78. The summed E-state index contributed by atoms with van der Waals surface area (Å²) in [7, 11) is 0. The molecule has 1 rings (SSSR count). The van der Waals surface area contributed by atoms with E-state index in [0.29, 0.717) is 0 Å². The molecule has 0 aliphatic rings. The molecule has 0 fully saturated rings. The van der Waals surface area contributed by atoms with Crippen LogP contribution in [0.2, 0.25) is 0 Å². The number of aliphatic hydroxyl groups excluding tert-OH is 1. The Kier molecular flexibility index (Phi) is 4.77. The summed E-state index contributed by atoms with van der Waals surface area (Å²) in [6.45, 7) is 1.69. The quantitative estimate of drug-likeness (QED) is 0.497. The zero-order chi connectivity index (χ0) is 7.56. The fraction of sp³-hybridized carbons (Fsp3) is 0.250. The average Bonchev–Trinajstić information content (AvgIpc) is 1.88. The van der Waals surface area contributed by atoms with Crippen LogP contribution < -0.4 is 29.6 Å². The van der Waals surface area contributed by atoms with Gasteiger partial charge in [0.05, 0.1) is 6.10 Å². The molecule has 0 aromatic heterocycles. The third-order valence-corrected chi connectivity index (χ3v) is 1.38. The molecule has 0 saturated heterocycles. The van der Waals surface area contributed by atoms with E-state index < -0.39 is 6.10 Å². The van der Waals surface area contributed by atoms with Gasteiger partial charge in [0.15, 0.2) is 0 Å². The van der Waals surface area contributed by atoms with Gasteiger partial charge in [0.2, 0.25) is 0 Å². The van der Waals surface area contributed by atoms with Crippen LogP contribution in [-0.2, 0) is 0 Å². The minimum Gasteiger partial charge on any atom is -1.00 e. The first-order valence-electron chi connectivity index (χ1n) is 3.17. The molecule has 0 spiro atoms. The van der Waals surface area contributed by atoms with Crippen LogP contribution in [0.3, 0.4) is 0 Å². The third kappa shape index (κ3) is 3.25. The van der Waals surface area contributed by atoms with E-state index in [9.17, 15) is 0 Å². The molecule has 2 nitrogen and oxygen atoms in total. The topological polar surface area (TPSA) is 40.5 Å². The van der Waals surface area contributed by atoms with Crippen LogP contribution in [0, 0.1) is 0 Å². The van der Waals surface area contributed by atoms with Gasteiger partial charge in [0, 0.05) is 0 Å². The Hall–Kier alpha value is -0.0200. The van der Waals surface area contributed by atoms with Gasteiger partial charge in [-0.1, -0.05) is 12.1 Å². The summed E-state index contributed by atoms with van der Waals surface area (Å²) in [5, 5.41) is 17.9. The Morgan fingerprint density at radius 1 is 1.27 bits per heavy atom. The summed E-state index contributed by atoms with van der Waals surface area (Å²) < 4.78 is 0. The molecule has 1 aromatic rings. The van der Waals surface area contributed by atoms with Crippen molar-refractivity contribution in [2.24, 2.45) is 0 Å². The number of phenolic OH excluding ortho intramolecular Hbond substituents is 1. The minimum atomic E-state index is -0.458. The number of rotatable bonds is 1. The predicted octanol–water partition coefficient (Wildman–Crippen LogP) is -1.44. The molecule has 3 heteroatoms. The first-order valence-corrected chi connectivity index (χ1v) is 3.17. The fourth-order valence-electron chi connectivity index (χ4n) is 0.753. The summed E-state index contributed by atoms with van der Waals surface area (Å²) in [5.41, 5.74) is 0.817. The first kappa shape index (κ1) is 11.0. The zero-order valence-electron chi connectivity index (χ0n) is 7.78. The SMILES string of the molecule is CC(O)c1ccc(O)cc1.[H-].[Na+]. The maximum atomic E-state index is 9.03. The Labute approximate surface area is 89.6 Å². The number of hydrogen-bond donors (Lipinski definition) is 2. The molecule has 2 N–H and O–H groups in total. The Balaban J connectivity index is 0. The van der Waals surface area contributed by atoms with Crippen molar-refractivity contribution in [3.63, 3.8) is 0 Å². The van der Waals surface area contributed by atoms with E-state index in [-0.39, 0.29) is 36.7 Å². The molecule has 0 aliphatic heterocycles. The Bertz CT molecular complexity index is 211. The Morgan fingerprint density at radius 2 is 1.73 bits per heavy atom. The smallest absolute Gasteiger partial charge is 1.00 e. The van der Waals surface area contributed by atoms with Crippen LogP contribution in [0.5, 0.6) is 5.75 Å². The van der Waals surface area contributed by atoms with Crippen molar-refractivity contribution >= 4 is 0 Å². The van der Waals surface area contributed by atoms with Gasteiger partial charge < -0.3 is 11.6 Å². The van der Waals surface area contributed by atoms with Gasteiger partial charge in [-0.3, -0.25) is 0 Å². The normalized spacial score (nSPS) is 11.8. The summed E-state index contributed by atoms with van der Waals surface area (Å²) >= 11 is 0. The molecule has 11 heavy (non-hydrogen) atoms. The van der Waals surface area contributed by atoms with E-state index in [2.05, 4.69) is 0 Å². The van der Waals surface area contributed by atoms with E-state index in [0.717, 1.165) is 5.56 Å². The van der Waals surface area contributed by atoms with Crippen molar-refractivity contribution in [3.8, 4) is 5.75 Å². The molecule has 1 atom stereocenters. The van der Waals surface area contributed by atoms with Crippen LogP contribution in [0.4, 0.5) is 0 Å². The van der Waals surface area contributed by atoms with Crippen molar-refractivity contribution in [1.29, 1.82) is 0 Å². The minimum absolute atomic E-state index is 0. The molecule has 0 radical (unpaired) electrons. The van der Waals surface area contributed by atoms with Crippen LogP contribution in [0.25, 0.3) is 0 Å². The predicted molar refractivity (Wildman–Crippen MR) is 39.9 cm³/mol. The first-order chi connectivity index (χ1) is 4.70. The van der Waals surface area contributed by atoms with Crippen molar-refractivity contribution in [2.75, 3.05) is 0 Å². The van der Waals surface area contributed by atoms with Gasteiger partial charge in [-0.05, 0) is 24.6 Å². The van der Waals surface area contributed by atoms with Crippen LogP contribution in [0.1, 0.15) is 20.0 Å². The molecule has 0 aliphatic carbocycles. The Morgan fingerprint density at radius 3 is 2.09 bits per heavy atom. The van der Waals surface area contributed by atoms with Gasteiger partial charge >= 0.3 is 29.6 Å². The van der Waals surface area contributed by atoms with Crippen molar-refractivity contribution in [1.82, 2.24) is 0 Å². The summed E-state index contributed by atoms with van der Waals surface area (Å²) in [5.74, 6) is 0.226. The van der Waals surface area contributed by atoms with Gasteiger partial charge in [-0.2, -0.15) is 0 Å².